The Labute approximate surface area is 125 Å². The van der Waals surface area contributed by atoms with E-state index in [1.165, 1.54) is 25.0 Å². The molecule has 0 saturated heterocycles. The summed E-state index contributed by atoms with van der Waals surface area (Å²) in [7, 11) is 0. The van der Waals surface area contributed by atoms with E-state index in [0.717, 1.165) is 12.8 Å². The van der Waals surface area contributed by atoms with Crippen LogP contribution in [0.3, 0.4) is 0 Å². The number of rotatable bonds is 3. The maximum Gasteiger partial charge on any atom is 0.254 e. The van der Waals surface area contributed by atoms with Crippen LogP contribution in [0.1, 0.15) is 36.0 Å². The number of hydrogen-bond donors (Lipinski definition) is 1. The lowest BCUT2D eigenvalue weighted by molar-refractivity contribution is 0.0940. The second-order valence-corrected chi connectivity index (χ2v) is 6.46. The molecule has 0 aliphatic heterocycles. The lowest BCUT2D eigenvalue weighted by atomic mass is 9.89. The predicted octanol–water partition coefficient (Wildman–Crippen LogP) is 4.16. The van der Waals surface area contributed by atoms with Crippen molar-refractivity contribution < 1.29 is 9.18 Å². The second-order valence-electron chi connectivity index (χ2n) is 4.87. The SMILES string of the molecule is O=C(NCC1CCCCC1Br)c1cccc(Cl)c1F. The molecular formula is C14H16BrClFNO. The average Bonchev–Trinajstić information content (AvgIpc) is 2.40. The predicted molar refractivity (Wildman–Crippen MR) is 78.4 cm³/mol. The van der Waals surface area contributed by atoms with E-state index in [1.54, 1.807) is 6.07 Å². The summed E-state index contributed by atoms with van der Waals surface area (Å²) < 4.78 is 13.7. The van der Waals surface area contributed by atoms with Crippen molar-refractivity contribution in [2.45, 2.75) is 30.5 Å². The van der Waals surface area contributed by atoms with Crippen LogP contribution in [0.4, 0.5) is 4.39 Å². The maximum atomic E-state index is 13.7. The van der Waals surface area contributed by atoms with Gasteiger partial charge in [-0.3, -0.25) is 4.79 Å². The molecule has 0 heterocycles. The topological polar surface area (TPSA) is 29.1 Å². The third-order valence-electron chi connectivity index (χ3n) is 3.54. The first kappa shape index (κ1) is 14.8. The first-order valence-corrected chi connectivity index (χ1v) is 7.75. The highest BCUT2D eigenvalue weighted by atomic mass is 79.9. The van der Waals surface area contributed by atoms with Crippen molar-refractivity contribution >= 4 is 33.4 Å². The van der Waals surface area contributed by atoms with Crippen LogP contribution in [0.2, 0.25) is 5.02 Å². The zero-order chi connectivity index (χ0) is 13.8. The van der Waals surface area contributed by atoms with Crippen molar-refractivity contribution in [2.75, 3.05) is 6.54 Å². The fourth-order valence-electron chi connectivity index (χ4n) is 2.39. The van der Waals surface area contributed by atoms with Gasteiger partial charge in [0.2, 0.25) is 0 Å². The Balaban J connectivity index is 1.95. The van der Waals surface area contributed by atoms with Crippen LogP contribution in [0.25, 0.3) is 0 Å². The van der Waals surface area contributed by atoms with Gasteiger partial charge >= 0.3 is 0 Å². The normalized spacial score (nSPS) is 23.1. The highest BCUT2D eigenvalue weighted by molar-refractivity contribution is 9.09. The molecule has 1 N–H and O–H groups in total. The Hall–Kier alpha value is -0.610. The van der Waals surface area contributed by atoms with Gasteiger partial charge in [-0.25, -0.2) is 4.39 Å². The van der Waals surface area contributed by atoms with Gasteiger partial charge in [0, 0.05) is 11.4 Å². The lowest BCUT2D eigenvalue weighted by Gasteiger charge is -2.27. The molecule has 1 aromatic rings. The summed E-state index contributed by atoms with van der Waals surface area (Å²) in [5, 5.41) is 2.78. The van der Waals surface area contributed by atoms with Gasteiger partial charge in [-0.1, -0.05) is 46.4 Å². The highest BCUT2D eigenvalue weighted by Crippen LogP contribution is 2.29. The molecule has 104 valence electrons. The molecule has 1 aliphatic carbocycles. The van der Waals surface area contributed by atoms with E-state index in [2.05, 4.69) is 21.2 Å². The number of carbonyl (C=O) groups is 1. The number of hydrogen-bond acceptors (Lipinski definition) is 1. The highest BCUT2D eigenvalue weighted by Gasteiger charge is 2.23. The van der Waals surface area contributed by atoms with Crippen LogP contribution in [-0.2, 0) is 0 Å². The molecule has 1 fully saturated rings. The molecule has 1 aliphatic rings. The number of alkyl halides is 1. The van der Waals surface area contributed by atoms with Crippen LogP contribution < -0.4 is 5.32 Å². The number of carbonyl (C=O) groups excluding carboxylic acids is 1. The fraction of sp³-hybridized carbons (Fsp3) is 0.500. The van der Waals surface area contributed by atoms with E-state index in [9.17, 15) is 9.18 Å². The van der Waals surface area contributed by atoms with Gasteiger partial charge in [0.1, 0.15) is 0 Å². The number of benzene rings is 1. The lowest BCUT2D eigenvalue weighted by Crippen LogP contribution is -2.34. The monoisotopic (exact) mass is 347 g/mol. The number of nitrogens with one attached hydrogen (secondary N) is 1. The molecule has 0 bridgehead atoms. The summed E-state index contributed by atoms with van der Waals surface area (Å²) in [5.41, 5.74) is 0.00873. The molecule has 1 amide bonds. The quantitative estimate of drug-likeness (QED) is 0.816. The molecule has 0 radical (unpaired) electrons. The minimum atomic E-state index is -0.652. The van der Waals surface area contributed by atoms with E-state index < -0.39 is 11.7 Å². The molecule has 5 heteroatoms. The molecule has 2 atom stereocenters. The Bertz CT molecular complexity index is 469. The number of halogens is 3. The summed E-state index contributed by atoms with van der Waals surface area (Å²) in [6.07, 6.45) is 4.64. The van der Waals surface area contributed by atoms with E-state index >= 15 is 0 Å². The summed E-state index contributed by atoms with van der Waals surface area (Å²) in [5.74, 6) is -0.633. The van der Waals surface area contributed by atoms with Gasteiger partial charge in [-0.2, -0.15) is 0 Å². The molecule has 1 aromatic carbocycles. The van der Waals surface area contributed by atoms with E-state index in [1.807, 2.05) is 0 Å². The zero-order valence-corrected chi connectivity index (χ0v) is 12.8. The molecule has 2 unspecified atom stereocenters. The van der Waals surface area contributed by atoms with E-state index in [4.69, 9.17) is 11.6 Å². The van der Waals surface area contributed by atoms with Crippen molar-refractivity contribution in [3.63, 3.8) is 0 Å². The van der Waals surface area contributed by atoms with Gasteiger partial charge < -0.3 is 5.32 Å². The first-order valence-electron chi connectivity index (χ1n) is 6.46. The number of amides is 1. The fourth-order valence-corrected chi connectivity index (χ4v) is 3.34. The zero-order valence-electron chi connectivity index (χ0n) is 10.5. The smallest absolute Gasteiger partial charge is 0.254 e. The maximum absolute atomic E-state index is 13.7. The van der Waals surface area contributed by atoms with Crippen molar-refractivity contribution in [3.8, 4) is 0 Å². The van der Waals surface area contributed by atoms with Gasteiger partial charge in [0.25, 0.3) is 5.91 Å². The molecular weight excluding hydrogens is 333 g/mol. The standard InChI is InChI=1S/C14H16BrClFNO/c15-11-6-2-1-4-9(11)8-18-14(19)10-5-3-7-12(16)13(10)17/h3,5,7,9,11H,1-2,4,6,8H2,(H,18,19). The third kappa shape index (κ3) is 3.69. The molecule has 2 rings (SSSR count). The van der Waals surface area contributed by atoms with Crippen molar-refractivity contribution in [1.29, 1.82) is 0 Å². The minimum Gasteiger partial charge on any atom is -0.352 e. The molecule has 19 heavy (non-hydrogen) atoms. The largest absolute Gasteiger partial charge is 0.352 e. The van der Waals surface area contributed by atoms with Crippen molar-refractivity contribution in [2.24, 2.45) is 5.92 Å². The Morgan fingerprint density at radius 1 is 1.42 bits per heavy atom. The Morgan fingerprint density at radius 3 is 2.89 bits per heavy atom. The van der Waals surface area contributed by atoms with E-state index in [-0.39, 0.29) is 10.6 Å². The van der Waals surface area contributed by atoms with Gasteiger partial charge in [0.15, 0.2) is 5.82 Å². The van der Waals surface area contributed by atoms with Crippen LogP contribution in [0.5, 0.6) is 0 Å². The average molecular weight is 349 g/mol. The molecule has 0 spiro atoms. The van der Waals surface area contributed by atoms with Gasteiger partial charge in [0.05, 0.1) is 10.6 Å². The Kier molecular flexibility index (Phi) is 5.22. The van der Waals surface area contributed by atoms with E-state index in [0.29, 0.717) is 17.3 Å². The summed E-state index contributed by atoms with van der Waals surface area (Å²) >= 11 is 9.31. The van der Waals surface area contributed by atoms with Crippen molar-refractivity contribution in [3.05, 3.63) is 34.6 Å². The van der Waals surface area contributed by atoms with Gasteiger partial charge in [-0.15, -0.1) is 0 Å². The van der Waals surface area contributed by atoms with Crippen LogP contribution >= 0.6 is 27.5 Å². The second kappa shape index (κ2) is 6.71. The summed E-state index contributed by atoms with van der Waals surface area (Å²) in [6.45, 7) is 0.570. The van der Waals surface area contributed by atoms with Crippen LogP contribution in [0, 0.1) is 11.7 Å². The summed E-state index contributed by atoms with van der Waals surface area (Å²) in [6, 6.07) is 4.46. The van der Waals surface area contributed by atoms with Gasteiger partial charge in [-0.05, 0) is 30.9 Å². The third-order valence-corrected chi connectivity index (χ3v) is 5.03. The molecule has 1 saturated carbocycles. The van der Waals surface area contributed by atoms with Crippen LogP contribution in [-0.4, -0.2) is 17.3 Å². The Morgan fingerprint density at radius 2 is 2.16 bits per heavy atom. The minimum absolute atomic E-state index is 0.00873. The first-order chi connectivity index (χ1) is 9.09. The summed E-state index contributed by atoms with van der Waals surface area (Å²) in [4.78, 5) is 12.4. The molecule has 0 aromatic heterocycles. The molecule has 2 nitrogen and oxygen atoms in total. The van der Waals surface area contributed by atoms with Crippen LogP contribution in [0.15, 0.2) is 18.2 Å². The van der Waals surface area contributed by atoms with Crippen molar-refractivity contribution in [1.82, 2.24) is 5.32 Å².